The van der Waals surface area contributed by atoms with Crippen LogP contribution in [0.1, 0.15) is 22.9 Å². The molecule has 1 unspecified atom stereocenters. The Hall–Kier alpha value is -1.38. The van der Waals surface area contributed by atoms with Gasteiger partial charge in [0.2, 0.25) is 0 Å². The number of hydrogen-bond acceptors (Lipinski definition) is 2. The molecule has 2 aromatic rings. The Morgan fingerprint density at radius 1 is 1.11 bits per heavy atom. The van der Waals surface area contributed by atoms with E-state index in [2.05, 4.69) is 79.0 Å². The van der Waals surface area contributed by atoms with E-state index < -0.39 is 0 Å². The molecule has 1 nitrogen and oxygen atoms in total. The van der Waals surface area contributed by atoms with Gasteiger partial charge in [-0.2, -0.15) is 0 Å². The van der Waals surface area contributed by atoms with E-state index in [1.54, 1.807) is 11.3 Å². The van der Waals surface area contributed by atoms with Gasteiger partial charge in [-0.25, -0.2) is 0 Å². The van der Waals surface area contributed by atoms with Crippen LogP contribution in [0, 0.1) is 0 Å². The Kier molecular flexibility index (Phi) is 4.73. The van der Waals surface area contributed by atoms with E-state index in [1.165, 1.54) is 10.4 Å². The van der Waals surface area contributed by atoms with Gasteiger partial charge in [0.1, 0.15) is 0 Å². The van der Waals surface area contributed by atoms with Crippen molar-refractivity contribution in [2.75, 3.05) is 14.1 Å². The van der Waals surface area contributed by atoms with Crippen molar-refractivity contribution in [1.82, 2.24) is 4.90 Å². The largest absolute Gasteiger partial charge is 0.302 e. The predicted octanol–water partition coefficient (Wildman–Crippen LogP) is 4.45. The third kappa shape index (κ3) is 3.56. The van der Waals surface area contributed by atoms with Gasteiger partial charge in [0.25, 0.3) is 0 Å². The van der Waals surface area contributed by atoms with Crippen molar-refractivity contribution in [3.05, 3.63) is 64.4 Å². The highest BCUT2D eigenvalue weighted by molar-refractivity contribution is 7.10. The summed E-state index contributed by atoms with van der Waals surface area (Å²) in [5.74, 6) is 0. The lowest BCUT2D eigenvalue weighted by Crippen LogP contribution is -2.19. The Labute approximate surface area is 113 Å². The highest BCUT2D eigenvalue weighted by Gasteiger charge is 2.11. The predicted molar refractivity (Wildman–Crippen MR) is 80.8 cm³/mol. The van der Waals surface area contributed by atoms with Crippen molar-refractivity contribution >= 4 is 17.4 Å². The van der Waals surface area contributed by atoms with Gasteiger partial charge in [-0.3, -0.25) is 0 Å². The summed E-state index contributed by atoms with van der Waals surface area (Å²) < 4.78 is 0. The fraction of sp³-hybridized carbons (Fsp3) is 0.250. The number of rotatable bonds is 5. The van der Waals surface area contributed by atoms with E-state index in [-0.39, 0.29) is 0 Å². The molecule has 0 aliphatic carbocycles. The maximum absolute atomic E-state index is 2.27. The van der Waals surface area contributed by atoms with E-state index in [1.807, 2.05) is 0 Å². The van der Waals surface area contributed by atoms with Crippen LogP contribution < -0.4 is 0 Å². The molecular formula is C16H19NS. The number of nitrogens with zero attached hydrogens (tertiary/aromatic N) is 1. The zero-order valence-electron chi connectivity index (χ0n) is 10.9. The van der Waals surface area contributed by atoms with Crippen LogP contribution >= 0.6 is 11.3 Å². The lowest BCUT2D eigenvalue weighted by atomic mass is 10.0. The van der Waals surface area contributed by atoms with Crippen LogP contribution in [-0.2, 0) is 0 Å². The molecule has 0 saturated heterocycles. The second kappa shape index (κ2) is 6.53. The highest BCUT2D eigenvalue weighted by Crippen LogP contribution is 2.23. The molecule has 1 aromatic heterocycles. The molecule has 94 valence electrons. The maximum atomic E-state index is 2.27. The third-order valence-electron chi connectivity index (χ3n) is 2.99. The van der Waals surface area contributed by atoms with Crippen molar-refractivity contribution in [3.63, 3.8) is 0 Å². The van der Waals surface area contributed by atoms with Gasteiger partial charge < -0.3 is 4.90 Å². The average molecular weight is 257 g/mol. The van der Waals surface area contributed by atoms with Crippen molar-refractivity contribution < 1.29 is 0 Å². The quantitative estimate of drug-likeness (QED) is 0.764. The fourth-order valence-corrected chi connectivity index (χ4v) is 2.67. The van der Waals surface area contributed by atoms with E-state index >= 15 is 0 Å². The standard InChI is InChI=1S/C16H19NS/c1-17(2)16(14-8-4-3-5-9-14)12-6-10-15-11-7-13-18-15/h3-11,13,16H,12H2,1-2H3. The molecular weight excluding hydrogens is 238 g/mol. The van der Waals surface area contributed by atoms with Crippen molar-refractivity contribution in [2.24, 2.45) is 0 Å². The zero-order chi connectivity index (χ0) is 12.8. The molecule has 0 spiro atoms. The summed E-state index contributed by atoms with van der Waals surface area (Å²) in [5, 5.41) is 2.11. The summed E-state index contributed by atoms with van der Waals surface area (Å²) in [6.07, 6.45) is 5.52. The van der Waals surface area contributed by atoms with Crippen LogP contribution in [0.5, 0.6) is 0 Å². The summed E-state index contributed by atoms with van der Waals surface area (Å²) in [6.45, 7) is 0. The monoisotopic (exact) mass is 257 g/mol. The van der Waals surface area contributed by atoms with E-state index in [4.69, 9.17) is 0 Å². The van der Waals surface area contributed by atoms with E-state index in [0.717, 1.165) is 6.42 Å². The van der Waals surface area contributed by atoms with Crippen LogP contribution in [0.3, 0.4) is 0 Å². The van der Waals surface area contributed by atoms with E-state index in [0.29, 0.717) is 6.04 Å². The molecule has 0 radical (unpaired) electrons. The minimum absolute atomic E-state index is 0.447. The van der Waals surface area contributed by atoms with E-state index in [9.17, 15) is 0 Å². The first kappa shape index (κ1) is 13.1. The van der Waals surface area contributed by atoms with Crippen LogP contribution in [0.4, 0.5) is 0 Å². The molecule has 0 fully saturated rings. The summed E-state index contributed by atoms with van der Waals surface area (Å²) in [5.41, 5.74) is 1.37. The number of benzene rings is 1. The summed E-state index contributed by atoms with van der Waals surface area (Å²) in [6, 6.07) is 15.4. The van der Waals surface area contributed by atoms with Gasteiger partial charge in [0.05, 0.1) is 0 Å². The van der Waals surface area contributed by atoms with Crippen molar-refractivity contribution in [1.29, 1.82) is 0 Å². The highest BCUT2D eigenvalue weighted by atomic mass is 32.1. The second-order valence-electron chi connectivity index (χ2n) is 4.54. The molecule has 2 rings (SSSR count). The Morgan fingerprint density at radius 3 is 2.50 bits per heavy atom. The molecule has 0 amide bonds. The Morgan fingerprint density at radius 2 is 1.89 bits per heavy atom. The molecule has 0 saturated carbocycles. The Bertz CT molecular complexity index is 471. The topological polar surface area (TPSA) is 3.24 Å². The second-order valence-corrected chi connectivity index (χ2v) is 5.52. The smallest absolute Gasteiger partial charge is 0.0376 e. The van der Waals surface area contributed by atoms with Gasteiger partial charge in [-0.15, -0.1) is 11.3 Å². The zero-order valence-corrected chi connectivity index (χ0v) is 11.7. The van der Waals surface area contributed by atoms with Crippen LogP contribution in [0.2, 0.25) is 0 Å². The van der Waals surface area contributed by atoms with Crippen LogP contribution in [-0.4, -0.2) is 19.0 Å². The molecule has 0 aliphatic rings. The molecule has 2 heteroatoms. The van der Waals surface area contributed by atoms with Gasteiger partial charge >= 0.3 is 0 Å². The molecule has 1 atom stereocenters. The number of thiophene rings is 1. The average Bonchev–Trinajstić information content (AvgIpc) is 2.88. The normalized spacial score (nSPS) is 13.3. The lowest BCUT2D eigenvalue weighted by Gasteiger charge is -2.23. The fourth-order valence-electron chi connectivity index (χ4n) is 2.02. The summed E-state index contributed by atoms with van der Waals surface area (Å²) >= 11 is 1.78. The van der Waals surface area contributed by atoms with Gasteiger partial charge in [-0.05, 0) is 43.6 Å². The molecule has 0 N–H and O–H groups in total. The van der Waals surface area contributed by atoms with Crippen LogP contribution in [0.25, 0.3) is 6.08 Å². The molecule has 1 heterocycles. The van der Waals surface area contributed by atoms with Gasteiger partial charge in [-0.1, -0.05) is 42.5 Å². The first-order chi connectivity index (χ1) is 8.77. The maximum Gasteiger partial charge on any atom is 0.0376 e. The molecule has 0 aliphatic heterocycles. The SMILES string of the molecule is CN(C)C(CC=Cc1cccs1)c1ccccc1. The minimum Gasteiger partial charge on any atom is -0.302 e. The summed E-state index contributed by atoms with van der Waals surface area (Å²) in [7, 11) is 4.27. The molecule has 1 aromatic carbocycles. The van der Waals surface area contributed by atoms with Gasteiger partial charge in [0, 0.05) is 10.9 Å². The van der Waals surface area contributed by atoms with Crippen molar-refractivity contribution in [3.8, 4) is 0 Å². The lowest BCUT2D eigenvalue weighted by molar-refractivity contribution is 0.301. The molecule has 18 heavy (non-hydrogen) atoms. The Balaban J connectivity index is 2.04. The first-order valence-corrected chi connectivity index (χ1v) is 7.07. The molecule has 0 bridgehead atoms. The summed E-state index contributed by atoms with van der Waals surface area (Å²) in [4.78, 5) is 3.59. The number of hydrogen-bond donors (Lipinski definition) is 0. The van der Waals surface area contributed by atoms with Crippen LogP contribution in [0.15, 0.2) is 53.9 Å². The van der Waals surface area contributed by atoms with Crippen molar-refractivity contribution in [2.45, 2.75) is 12.5 Å². The minimum atomic E-state index is 0.447. The third-order valence-corrected chi connectivity index (χ3v) is 3.83. The van der Waals surface area contributed by atoms with Gasteiger partial charge in [0.15, 0.2) is 0 Å². The first-order valence-electron chi connectivity index (χ1n) is 6.19.